The van der Waals surface area contributed by atoms with E-state index in [1.165, 1.54) is 0 Å². The van der Waals surface area contributed by atoms with Crippen LogP contribution in [-0.4, -0.2) is 0 Å². The maximum atomic E-state index is 12.4. The van der Waals surface area contributed by atoms with Gasteiger partial charge in [0.2, 0.25) is 5.43 Å². The summed E-state index contributed by atoms with van der Waals surface area (Å²) < 4.78 is 7.47. The average Bonchev–Trinajstić information content (AvgIpc) is 2.33. The molecule has 90 valence electrons. The molecule has 0 aliphatic heterocycles. The molecule has 1 heterocycles. The van der Waals surface area contributed by atoms with Crippen molar-refractivity contribution in [1.82, 2.24) is 0 Å². The van der Waals surface area contributed by atoms with E-state index >= 15 is 0 Å². The number of hydrogen-bond donors (Lipinski definition) is 0. The standard InChI is InChI=1S/C14H8Br2O2/c1-7-2-3-12-8(4-7)14(17)9-5-10(15)11(16)6-13(9)18-12/h2-6H,1H3. The van der Waals surface area contributed by atoms with Gasteiger partial charge in [0.25, 0.3) is 0 Å². The van der Waals surface area contributed by atoms with Crippen molar-refractivity contribution in [2.45, 2.75) is 6.92 Å². The second kappa shape index (κ2) is 4.21. The summed E-state index contributed by atoms with van der Waals surface area (Å²) in [5.74, 6) is 0. The van der Waals surface area contributed by atoms with Crippen LogP contribution in [0.4, 0.5) is 0 Å². The summed E-state index contributed by atoms with van der Waals surface area (Å²) in [6.45, 7) is 1.96. The number of halogens is 2. The van der Waals surface area contributed by atoms with Crippen LogP contribution in [0.3, 0.4) is 0 Å². The summed E-state index contributed by atoms with van der Waals surface area (Å²) in [5.41, 5.74) is 2.26. The molecule has 0 bridgehead atoms. The van der Waals surface area contributed by atoms with Gasteiger partial charge in [-0.2, -0.15) is 0 Å². The molecule has 0 saturated heterocycles. The lowest BCUT2D eigenvalue weighted by Crippen LogP contribution is -2.02. The van der Waals surface area contributed by atoms with Crippen LogP contribution in [0.1, 0.15) is 5.56 Å². The minimum Gasteiger partial charge on any atom is -0.456 e. The molecule has 2 nitrogen and oxygen atoms in total. The molecule has 1 aromatic heterocycles. The minimum absolute atomic E-state index is 0.00292. The zero-order chi connectivity index (χ0) is 12.9. The predicted molar refractivity (Wildman–Crippen MR) is 80.1 cm³/mol. The summed E-state index contributed by atoms with van der Waals surface area (Å²) in [4.78, 5) is 12.4. The van der Waals surface area contributed by atoms with Gasteiger partial charge in [-0.1, -0.05) is 11.6 Å². The molecule has 0 aliphatic rings. The van der Waals surface area contributed by atoms with Crippen LogP contribution < -0.4 is 5.43 Å². The van der Waals surface area contributed by atoms with E-state index in [1.54, 1.807) is 12.1 Å². The van der Waals surface area contributed by atoms with Gasteiger partial charge >= 0.3 is 0 Å². The molecule has 3 aromatic rings. The number of benzene rings is 2. The maximum absolute atomic E-state index is 12.4. The molecule has 2 aromatic carbocycles. The Kier molecular flexibility index (Phi) is 2.79. The fraction of sp³-hybridized carbons (Fsp3) is 0.0714. The molecule has 18 heavy (non-hydrogen) atoms. The van der Waals surface area contributed by atoms with Crippen LogP contribution >= 0.6 is 31.9 Å². The quantitative estimate of drug-likeness (QED) is 0.535. The van der Waals surface area contributed by atoms with Crippen molar-refractivity contribution in [3.8, 4) is 0 Å². The van der Waals surface area contributed by atoms with E-state index in [-0.39, 0.29) is 5.43 Å². The Hall–Kier alpha value is -1.13. The van der Waals surface area contributed by atoms with E-state index in [9.17, 15) is 4.79 Å². The molecule has 0 unspecified atom stereocenters. The van der Waals surface area contributed by atoms with Gasteiger partial charge in [-0.25, -0.2) is 0 Å². The van der Waals surface area contributed by atoms with Crippen LogP contribution in [0, 0.1) is 6.92 Å². The smallest absolute Gasteiger partial charge is 0.200 e. The first-order valence-electron chi connectivity index (χ1n) is 5.38. The third-order valence-corrected chi connectivity index (χ3v) is 4.71. The van der Waals surface area contributed by atoms with Gasteiger partial charge in [0, 0.05) is 8.95 Å². The largest absolute Gasteiger partial charge is 0.456 e. The van der Waals surface area contributed by atoms with E-state index in [0.29, 0.717) is 21.9 Å². The molecule has 0 saturated carbocycles. The molecule has 0 radical (unpaired) electrons. The highest BCUT2D eigenvalue weighted by molar-refractivity contribution is 9.13. The molecule has 0 N–H and O–H groups in total. The van der Waals surface area contributed by atoms with Gasteiger partial charge in [0.05, 0.1) is 10.8 Å². The monoisotopic (exact) mass is 366 g/mol. The molecular weight excluding hydrogens is 360 g/mol. The summed E-state index contributed by atoms with van der Waals surface area (Å²) in [7, 11) is 0. The number of rotatable bonds is 0. The predicted octanol–water partition coefficient (Wildman–Crippen LogP) is 4.78. The highest BCUT2D eigenvalue weighted by Crippen LogP contribution is 2.29. The van der Waals surface area contributed by atoms with Crippen molar-refractivity contribution in [2.24, 2.45) is 0 Å². The maximum Gasteiger partial charge on any atom is 0.200 e. The summed E-state index contributed by atoms with van der Waals surface area (Å²) in [6.07, 6.45) is 0. The van der Waals surface area contributed by atoms with Gasteiger partial charge in [-0.05, 0) is 63.0 Å². The summed E-state index contributed by atoms with van der Waals surface area (Å²) >= 11 is 6.81. The van der Waals surface area contributed by atoms with Crippen molar-refractivity contribution >= 4 is 53.8 Å². The van der Waals surface area contributed by atoms with Gasteiger partial charge in [-0.3, -0.25) is 4.79 Å². The minimum atomic E-state index is 0.00292. The third kappa shape index (κ3) is 1.80. The fourth-order valence-corrected chi connectivity index (χ4v) is 2.63. The molecule has 0 aliphatic carbocycles. The normalized spacial score (nSPS) is 11.3. The Balaban J connectivity index is 2.57. The SMILES string of the molecule is Cc1ccc2oc3cc(Br)c(Br)cc3c(=O)c2c1. The zero-order valence-electron chi connectivity index (χ0n) is 9.46. The van der Waals surface area contributed by atoms with Crippen LogP contribution in [0.5, 0.6) is 0 Å². The van der Waals surface area contributed by atoms with Crippen LogP contribution in [0.25, 0.3) is 21.9 Å². The van der Waals surface area contributed by atoms with Crippen LogP contribution in [0.2, 0.25) is 0 Å². The molecule has 3 rings (SSSR count). The highest BCUT2D eigenvalue weighted by Gasteiger charge is 2.10. The second-order valence-corrected chi connectivity index (χ2v) is 5.90. The van der Waals surface area contributed by atoms with Crippen LogP contribution in [0.15, 0.2) is 48.5 Å². The Morgan fingerprint density at radius 1 is 0.944 bits per heavy atom. The zero-order valence-corrected chi connectivity index (χ0v) is 12.6. The van der Waals surface area contributed by atoms with Crippen LogP contribution in [-0.2, 0) is 0 Å². The Morgan fingerprint density at radius 2 is 1.61 bits per heavy atom. The van der Waals surface area contributed by atoms with Gasteiger partial charge < -0.3 is 4.42 Å². The molecule has 0 spiro atoms. The first-order valence-corrected chi connectivity index (χ1v) is 6.97. The van der Waals surface area contributed by atoms with E-state index < -0.39 is 0 Å². The molecule has 0 fully saturated rings. The Morgan fingerprint density at radius 3 is 2.39 bits per heavy atom. The first-order chi connectivity index (χ1) is 8.56. The molecule has 4 heteroatoms. The van der Waals surface area contributed by atoms with Gasteiger partial charge in [-0.15, -0.1) is 0 Å². The Bertz CT molecular complexity index is 834. The van der Waals surface area contributed by atoms with E-state index in [4.69, 9.17) is 4.42 Å². The molecular formula is C14H8Br2O2. The highest BCUT2D eigenvalue weighted by atomic mass is 79.9. The summed E-state index contributed by atoms with van der Waals surface area (Å²) in [6, 6.07) is 9.22. The average molecular weight is 368 g/mol. The van der Waals surface area contributed by atoms with Gasteiger partial charge in [0.15, 0.2) is 0 Å². The first kappa shape index (κ1) is 11.9. The van der Waals surface area contributed by atoms with Crippen molar-refractivity contribution in [1.29, 1.82) is 0 Å². The lowest BCUT2D eigenvalue weighted by Gasteiger charge is -2.04. The lowest BCUT2D eigenvalue weighted by atomic mass is 10.1. The number of hydrogen-bond acceptors (Lipinski definition) is 2. The lowest BCUT2D eigenvalue weighted by molar-refractivity contribution is 0.659. The van der Waals surface area contributed by atoms with E-state index in [0.717, 1.165) is 14.5 Å². The van der Waals surface area contributed by atoms with E-state index in [2.05, 4.69) is 31.9 Å². The van der Waals surface area contributed by atoms with Crippen molar-refractivity contribution < 1.29 is 4.42 Å². The second-order valence-electron chi connectivity index (χ2n) is 4.19. The third-order valence-electron chi connectivity index (χ3n) is 2.87. The molecule has 0 amide bonds. The van der Waals surface area contributed by atoms with E-state index in [1.807, 2.05) is 25.1 Å². The fourth-order valence-electron chi connectivity index (χ4n) is 1.96. The number of fused-ring (bicyclic) bond motifs is 2. The van der Waals surface area contributed by atoms with Crippen molar-refractivity contribution in [2.75, 3.05) is 0 Å². The topological polar surface area (TPSA) is 30.2 Å². The Labute approximate surface area is 120 Å². The van der Waals surface area contributed by atoms with Gasteiger partial charge in [0.1, 0.15) is 11.2 Å². The molecule has 0 atom stereocenters. The van der Waals surface area contributed by atoms with Crippen molar-refractivity contribution in [3.63, 3.8) is 0 Å². The van der Waals surface area contributed by atoms with Crippen molar-refractivity contribution in [3.05, 3.63) is 55.1 Å². The number of aryl methyl sites for hydroxylation is 1. The summed E-state index contributed by atoms with van der Waals surface area (Å²) in [5, 5.41) is 1.21.